The first-order chi connectivity index (χ1) is 7.27. The molecule has 1 heteroatoms. The Morgan fingerprint density at radius 2 is 1.73 bits per heavy atom. The van der Waals surface area contributed by atoms with Crippen LogP contribution in [0, 0.1) is 0 Å². The summed E-state index contributed by atoms with van der Waals surface area (Å²) in [5.41, 5.74) is 1.37. The maximum Gasteiger partial charge on any atom is 0.115 e. The Labute approximate surface area is 93.1 Å². The molecule has 15 heavy (non-hydrogen) atoms. The van der Waals surface area contributed by atoms with Gasteiger partial charge in [-0.25, -0.2) is 0 Å². The van der Waals surface area contributed by atoms with Gasteiger partial charge >= 0.3 is 0 Å². The number of rotatable bonds is 6. The Hall–Kier alpha value is -0.980. The molecule has 0 heterocycles. The van der Waals surface area contributed by atoms with Crippen LogP contribution in [-0.2, 0) is 0 Å². The second-order valence-corrected chi connectivity index (χ2v) is 4.19. The number of hydrogen-bond donors (Lipinski definition) is 1. The van der Waals surface area contributed by atoms with E-state index < -0.39 is 0 Å². The van der Waals surface area contributed by atoms with E-state index in [1.807, 2.05) is 0 Å². The largest absolute Gasteiger partial charge is 0.508 e. The van der Waals surface area contributed by atoms with Crippen molar-refractivity contribution in [3.05, 3.63) is 29.8 Å². The fourth-order valence-electron chi connectivity index (χ4n) is 1.99. The molecule has 0 aliphatic heterocycles. The van der Waals surface area contributed by atoms with Crippen LogP contribution in [0.5, 0.6) is 5.75 Å². The highest BCUT2D eigenvalue weighted by Gasteiger charge is 2.08. The van der Waals surface area contributed by atoms with Crippen LogP contribution in [0.3, 0.4) is 0 Å². The molecule has 0 saturated heterocycles. The molecule has 0 fully saturated rings. The Morgan fingerprint density at radius 1 is 1.07 bits per heavy atom. The first-order valence-electron chi connectivity index (χ1n) is 6.06. The molecule has 0 spiro atoms. The molecule has 0 bridgehead atoms. The van der Waals surface area contributed by atoms with Crippen LogP contribution in [0.15, 0.2) is 24.3 Å². The summed E-state index contributed by atoms with van der Waals surface area (Å²) in [5, 5.41) is 9.23. The summed E-state index contributed by atoms with van der Waals surface area (Å²) in [5.74, 6) is 1.03. The second-order valence-electron chi connectivity index (χ2n) is 4.19. The molecule has 84 valence electrons. The van der Waals surface area contributed by atoms with Crippen LogP contribution in [0.1, 0.15) is 57.4 Å². The molecule has 0 aliphatic carbocycles. The zero-order valence-corrected chi connectivity index (χ0v) is 9.87. The fraction of sp³-hybridized carbons (Fsp3) is 0.571. The van der Waals surface area contributed by atoms with E-state index in [-0.39, 0.29) is 0 Å². The van der Waals surface area contributed by atoms with E-state index >= 15 is 0 Å². The van der Waals surface area contributed by atoms with Gasteiger partial charge in [0.05, 0.1) is 0 Å². The lowest BCUT2D eigenvalue weighted by molar-refractivity contribution is 0.474. The summed E-state index contributed by atoms with van der Waals surface area (Å²) in [7, 11) is 0. The normalized spacial score (nSPS) is 12.7. The third-order valence-corrected chi connectivity index (χ3v) is 3.01. The SMILES string of the molecule is CCCCC[C@H](CC)c1ccc(O)cc1. The van der Waals surface area contributed by atoms with E-state index in [4.69, 9.17) is 0 Å². The Morgan fingerprint density at radius 3 is 2.27 bits per heavy atom. The third kappa shape index (κ3) is 3.94. The molecule has 0 amide bonds. The maximum atomic E-state index is 9.23. The van der Waals surface area contributed by atoms with Gasteiger partial charge in [0.25, 0.3) is 0 Å². The summed E-state index contributed by atoms with van der Waals surface area (Å²) < 4.78 is 0. The minimum Gasteiger partial charge on any atom is -0.508 e. The molecule has 1 atom stereocenters. The predicted octanol–water partition coefficient (Wildman–Crippen LogP) is 4.47. The van der Waals surface area contributed by atoms with E-state index in [9.17, 15) is 5.11 Å². The molecule has 0 aromatic heterocycles. The maximum absolute atomic E-state index is 9.23. The quantitative estimate of drug-likeness (QED) is 0.681. The van der Waals surface area contributed by atoms with Crippen LogP contribution in [0.4, 0.5) is 0 Å². The van der Waals surface area contributed by atoms with Gasteiger partial charge in [-0.15, -0.1) is 0 Å². The molecule has 0 saturated carbocycles. The molecule has 1 aromatic carbocycles. The molecular formula is C14H22O. The van der Waals surface area contributed by atoms with Crippen LogP contribution in [0.2, 0.25) is 0 Å². The minimum atomic E-state index is 0.363. The molecule has 0 radical (unpaired) electrons. The lowest BCUT2D eigenvalue weighted by atomic mass is 9.91. The van der Waals surface area contributed by atoms with E-state index in [1.165, 1.54) is 37.7 Å². The van der Waals surface area contributed by atoms with Gasteiger partial charge in [-0.05, 0) is 36.5 Å². The highest BCUT2D eigenvalue weighted by Crippen LogP contribution is 2.26. The zero-order chi connectivity index (χ0) is 11.1. The van der Waals surface area contributed by atoms with Crippen LogP contribution in [-0.4, -0.2) is 5.11 Å². The number of benzene rings is 1. The minimum absolute atomic E-state index is 0.363. The fourth-order valence-corrected chi connectivity index (χ4v) is 1.99. The number of phenolic OH excluding ortho intramolecular Hbond substituents is 1. The summed E-state index contributed by atoms with van der Waals surface area (Å²) in [6, 6.07) is 7.68. The van der Waals surface area contributed by atoms with Gasteiger partial charge in [-0.2, -0.15) is 0 Å². The van der Waals surface area contributed by atoms with E-state index in [0.29, 0.717) is 11.7 Å². The highest BCUT2D eigenvalue weighted by molar-refractivity contribution is 5.28. The van der Waals surface area contributed by atoms with Crippen LogP contribution >= 0.6 is 0 Å². The molecule has 1 rings (SSSR count). The summed E-state index contributed by atoms with van der Waals surface area (Å²) in [4.78, 5) is 0. The molecule has 1 N–H and O–H groups in total. The van der Waals surface area contributed by atoms with E-state index in [1.54, 1.807) is 12.1 Å². The van der Waals surface area contributed by atoms with Crippen molar-refractivity contribution in [2.45, 2.75) is 51.9 Å². The van der Waals surface area contributed by atoms with Crippen molar-refractivity contribution in [2.75, 3.05) is 0 Å². The summed E-state index contributed by atoms with van der Waals surface area (Å²) in [6.07, 6.45) is 6.39. The standard InChI is InChI=1S/C14H22O/c1-3-5-6-7-12(4-2)13-8-10-14(15)11-9-13/h8-12,15H,3-7H2,1-2H3/t12-/m0/s1. The van der Waals surface area contributed by atoms with Gasteiger partial charge in [0.2, 0.25) is 0 Å². The van der Waals surface area contributed by atoms with Crippen molar-refractivity contribution in [1.29, 1.82) is 0 Å². The molecule has 0 unspecified atom stereocenters. The average molecular weight is 206 g/mol. The lowest BCUT2D eigenvalue weighted by Crippen LogP contribution is -1.97. The molecule has 0 aliphatic rings. The third-order valence-electron chi connectivity index (χ3n) is 3.01. The van der Waals surface area contributed by atoms with Crippen molar-refractivity contribution in [3.63, 3.8) is 0 Å². The first kappa shape index (κ1) is 12.1. The monoisotopic (exact) mass is 206 g/mol. The first-order valence-corrected chi connectivity index (χ1v) is 6.06. The van der Waals surface area contributed by atoms with Gasteiger partial charge in [0.1, 0.15) is 5.75 Å². The van der Waals surface area contributed by atoms with Crippen LogP contribution < -0.4 is 0 Å². The lowest BCUT2D eigenvalue weighted by Gasteiger charge is -2.15. The van der Waals surface area contributed by atoms with Crippen molar-refractivity contribution in [3.8, 4) is 5.75 Å². The number of hydrogen-bond acceptors (Lipinski definition) is 1. The van der Waals surface area contributed by atoms with Gasteiger partial charge in [0, 0.05) is 0 Å². The predicted molar refractivity (Wildman–Crippen MR) is 65.3 cm³/mol. The Balaban J connectivity index is 2.53. The number of aromatic hydroxyl groups is 1. The van der Waals surface area contributed by atoms with E-state index in [2.05, 4.69) is 26.0 Å². The van der Waals surface area contributed by atoms with Crippen molar-refractivity contribution < 1.29 is 5.11 Å². The molecular weight excluding hydrogens is 184 g/mol. The van der Waals surface area contributed by atoms with Gasteiger partial charge < -0.3 is 5.11 Å². The number of unbranched alkanes of at least 4 members (excludes halogenated alkanes) is 2. The Bertz CT molecular complexity index is 263. The number of phenols is 1. The van der Waals surface area contributed by atoms with Crippen molar-refractivity contribution in [2.24, 2.45) is 0 Å². The Kier molecular flexibility index (Phi) is 5.23. The summed E-state index contributed by atoms with van der Waals surface area (Å²) >= 11 is 0. The van der Waals surface area contributed by atoms with Crippen molar-refractivity contribution >= 4 is 0 Å². The van der Waals surface area contributed by atoms with E-state index in [0.717, 1.165) is 0 Å². The molecule has 1 aromatic rings. The second kappa shape index (κ2) is 6.49. The zero-order valence-electron chi connectivity index (χ0n) is 9.87. The summed E-state index contributed by atoms with van der Waals surface area (Å²) in [6.45, 7) is 4.48. The van der Waals surface area contributed by atoms with Crippen LogP contribution in [0.25, 0.3) is 0 Å². The smallest absolute Gasteiger partial charge is 0.115 e. The highest BCUT2D eigenvalue weighted by atomic mass is 16.3. The topological polar surface area (TPSA) is 20.2 Å². The van der Waals surface area contributed by atoms with Crippen molar-refractivity contribution in [1.82, 2.24) is 0 Å². The van der Waals surface area contributed by atoms with Gasteiger partial charge in [0.15, 0.2) is 0 Å². The molecule has 1 nitrogen and oxygen atoms in total. The average Bonchev–Trinajstić information content (AvgIpc) is 2.26. The van der Waals surface area contributed by atoms with Gasteiger partial charge in [-0.1, -0.05) is 45.2 Å². The van der Waals surface area contributed by atoms with Gasteiger partial charge in [-0.3, -0.25) is 0 Å².